The van der Waals surface area contributed by atoms with Crippen molar-refractivity contribution in [2.75, 3.05) is 19.6 Å². The first kappa shape index (κ1) is 22.6. The van der Waals surface area contributed by atoms with Crippen LogP contribution in [0.4, 0.5) is 0 Å². The van der Waals surface area contributed by atoms with Gasteiger partial charge in [0.15, 0.2) is 5.76 Å². The number of pyridine rings is 1. The summed E-state index contributed by atoms with van der Waals surface area (Å²) in [6.07, 6.45) is 6.42. The minimum atomic E-state index is 0. The predicted octanol–water partition coefficient (Wildman–Crippen LogP) is 4.94. The quantitative estimate of drug-likeness (QED) is 0.601. The number of amides is 1. The van der Waals surface area contributed by atoms with E-state index in [0.29, 0.717) is 23.1 Å². The maximum absolute atomic E-state index is 13.4. The molecule has 7 heteroatoms. The van der Waals surface area contributed by atoms with Crippen molar-refractivity contribution in [2.45, 2.75) is 31.7 Å². The van der Waals surface area contributed by atoms with Crippen molar-refractivity contribution in [3.8, 4) is 11.5 Å². The fraction of sp³-hybridized carbons (Fsp3) is 0.391. The number of benzene rings is 1. The molecule has 0 spiro atoms. The van der Waals surface area contributed by atoms with Crippen molar-refractivity contribution < 1.29 is 9.21 Å². The second-order valence-electron chi connectivity index (χ2n) is 7.97. The van der Waals surface area contributed by atoms with Gasteiger partial charge in [0.1, 0.15) is 5.69 Å². The highest BCUT2D eigenvalue weighted by Gasteiger charge is 2.27. The number of carbonyl (C=O) groups excluding carboxylic acids is 1. The first-order chi connectivity index (χ1) is 13.8. The Kier molecular flexibility index (Phi) is 7.40. The molecule has 1 amide bonds. The second kappa shape index (κ2) is 9.82. The number of furan rings is 1. The summed E-state index contributed by atoms with van der Waals surface area (Å²) in [5.74, 6) is 1.66. The molecule has 1 N–H and O–H groups in total. The molecule has 0 atom stereocenters. The summed E-state index contributed by atoms with van der Waals surface area (Å²) >= 11 is 0. The van der Waals surface area contributed by atoms with E-state index in [-0.39, 0.29) is 30.7 Å². The zero-order chi connectivity index (χ0) is 18.9. The van der Waals surface area contributed by atoms with Gasteiger partial charge in [-0.05, 0) is 62.4 Å². The third-order valence-electron chi connectivity index (χ3n) is 5.89. The van der Waals surface area contributed by atoms with Gasteiger partial charge >= 0.3 is 0 Å². The first-order valence-corrected chi connectivity index (χ1v) is 10.2. The van der Waals surface area contributed by atoms with Gasteiger partial charge in [-0.3, -0.25) is 4.79 Å². The molecular weight excluding hydrogens is 421 g/mol. The number of likely N-dealkylation sites (tertiary alicyclic amines) is 1. The highest BCUT2D eigenvalue weighted by molar-refractivity contribution is 6.07. The lowest BCUT2D eigenvalue weighted by Gasteiger charge is -2.33. The van der Waals surface area contributed by atoms with Crippen LogP contribution in [0, 0.1) is 5.92 Å². The predicted molar refractivity (Wildman–Crippen MR) is 124 cm³/mol. The van der Waals surface area contributed by atoms with Crippen LogP contribution in [0.2, 0.25) is 0 Å². The third-order valence-corrected chi connectivity index (χ3v) is 5.89. The fourth-order valence-corrected chi connectivity index (χ4v) is 4.02. The van der Waals surface area contributed by atoms with Crippen LogP contribution in [-0.4, -0.2) is 41.5 Å². The molecule has 2 aromatic heterocycles. The molecule has 3 heterocycles. The Morgan fingerprint density at radius 1 is 1.07 bits per heavy atom. The molecule has 160 valence electrons. The molecule has 0 radical (unpaired) electrons. The Hall–Kier alpha value is -2.08. The Morgan fingerprint density at radius 3 is 2.53 bits per heavy atom. The van der Waals surface area contributed by atoms with E-state index in [1.165, 1.54) is 12.8 Å². The normalized spacial score (nSPS) is 16.7. The zero-order valence-electron chi connectivity index (χ0n) is 16.8. The van der Waals surface area contributed by atoms with Crippen LogP contribution < -0.4 is 5.32 Å². The van der Waals surface area contributed by atoms with Crippen molar-refractivity contribution in [2.24, 2.45) is 5.92 Å². The van der Waals surface area contributed by atoms with Crippen molar-refractivity contribution in [1.82, 2.24) is 15.2 Å². The van der Waals surface area contributed by atoms with E-state index in [1.807, 2.05) is 47.4 Å². The molecule has 3 aromatic rings. The third kappa shape index (κ3) is 4.80. The van der Waals surface area contributed by atoms with Crippen molar-refractivity contribution in [1.29, 1.82) is 0 Å². The largest absolute Gasteiger partial charge is 0.463 e. The summed E-state index contributed by atoms with van der Waals surface area (Å²) in [7, 11) is 0. The molecule has 1 aliphatic heterocycles. The molecule has 5 nitrogen and oxygen atoms in total. The summed E-state index contributed by atoms with van der Waals surface area (Å²) in [6.45, 7) is 2.74. The average Bonchev–Trinajstić information content (AvgIpc) is 3.42. The fourth-order valence-electron chi connectivity index (χ4n) is 4.02. The van der Waals surface area contributed by atoms with Gasteiger partial charge in [-0.25, -0.2) is 4.98 Å². The number of nitrogens with zero attached hydrogens (tertiary/aromatic N) is 2. The van der Waals surface area contributed by atoms with Gasteiger partial charge in [-0.2, -0.15) is 0 Å². The maximum atomic E-state index is 13.4. The number of piperidine rings is 1. The Morgan fingerprint density at radius 2 is 1.83 bits per heavy atom. The van der Waals surface area contributed by atoms with Gasteiger partial charge < -0.3 is 14.6 Å². The number of para-hydroxylation sites is 1. The molecule has 1 saturated heterocycles. The lowest BCUT2D eigenvalue weighted by Crippen LogP contribution is -2.45. The van der Waals surface area contributed by atoms with Gasteiger partial charge in [-0.1, -0.05) is 18.2 Å². The van der Waals surface area contributed by atoms with E-state index < -0.39 is 0 Å². The van der Waals surface area contributed by atoms with Crippen LogP contribution in [0.15, 0.2) is 53.1 Å². The van der Waals surface area contributed by atoms with Gasteiger partial charge in [0.25, 0.3) is 5.91 Å². The van der Waals surface area contributed by atoms with E-state index >= 15 is 0 Å². The van der Waals surface area contributed by atoms with E-state index in [2.05, 4.69) is 5.32 Å². The van der Waals surface area contributed by atoms with E-state index in [0.717, 1.165) is 49.3 Å². The summed E-state index contributed by atoms with van der Waals surface area (Å²) in [5.41, 5.74) is 2.23. The van der Waals surface area contributed by atoms with Crippen LogP contribution in [0.1, 0.15) is 36.0 Å². The number of carbonyl (C=O) groups is 1. The molecule has 2 fully saturated rings. The molecule has 2 aliphatic rings. The molecule has 1 aromatic carbocycles. The summed E-state index contributed by atoms with van der Waals surface area (Å²) in [5, 5.41) is 4.58. The standard InChI is InChI=1S/C23H25N3O2.2ClH/c27-23(26-11-9-17(10-12-26)24-15-16-7-8-16)19-14-21(22-6-3-13-28-22)25-20-5-2-1-4-18(19)20;;/h1-6,13-14,16-17,24H,7-12,15H2;2*1H. The average molecular weight is 448 g/mol. The van der Waals surface area contributed by atoms with Crippen LogP contribution in [-0.2, 0) is 0 Å². The van der Waals surface area contributed by atoms with Gasteiger partial charge in [0, 0.05) is 24.5 Å². The Balaban J connectivity index is 0.00000128. The van der Waals surface area contributed by atoms with E-state index in [9.17, 15) is 4.79 Å². The maximum Gasteiger partial charge on any atom is 0.254 e. The van der Waals surface area contributed by atoms with Crippen molar-refractivity contribution in [3.63, 3.8) is 0 Å². The van der Waals surface area contributed by atoms with E-state index in [1.54, 1.807) is 6.26 Å². The highest BCUT2D eigenvalue weighted by Crippen LogP contribution is 2.29. The van der Waals surface area contributed by atoms with E-state index in [4.69, 9.17) is 9.40 Å². The van der Waals surface area contributed by atoms with Gasteiger partial charge in [0.05, 0.1) is 17.3 Å². The molecule has 30 heavy (non-hydrogen) atoms. The number of halogens is 2. The summed E-state index contributed by atoms with van der Waals surface area (Å²) < 4.78 is 5.52. The SMILES string of the molecule is Cl.Cl.O=C(c1cc(-c2ccco2)nc2ccccc12)N1CCC(NCC2CC2)CC1. The molecule has 1 aliphatic carbocycles. The van der Waals surface area contributed by atoms with Crippen LogP contribution in [0.25, 0.3) is 22.4 Å². The summed E-state index contributed by atoms with van der Waals surface area (Å²) in [6, 6.07) is 14.0. The number of hydrogen-bond acceptors (Lipinski definition) is 4. The smallest absolute Gasteiger partial charge is 0.254 e. The minimum absolute atomic E-state index is 0. The molecule has 1 saturated carbocycles. The monoisotopic (exact) mass is 447 g/mol. The van der Waals surface area contributed by atoms with Gasteiger partial charge in [-0.15, -0.1) is 24.8 Å². The molecule has 0 bridgehead atoms. The van der Waals surface area contributed by atoms with Crippen molar-refractivity contribution in [3.05, 3.63) is 54.3 Å². The Labute approximate surface area is 189 Å². The number of nitrogens with one attached hydrogen (secondary N) is 1. The summed E-state index contributed by atoms with van der Waals surface area (Å²) in [4.78, 5) is 20.0. The highest BCUT2D eigenvalue weighted by atomic mass is 35.5. The lowest BCUT2D eigenvalue weighted by molar-refractivity contribution is 0.0707. The van der Waals surface area contributed by atoms with Crippen LogP contribution in [0.5, 0.6) is 0 Å². The van der Waals surface area contributed by atoms with Crippen LogP contribution in [0.3, 0.4) is 0 Å². The molecule has 5 rings (SSSR count). The topological polar surface area (TPSA) is 58.4 Å². The molecule has 0 unspecified atom stereocenters. The van der Waals surface area contributed by atoms with Crippen LogP contribution >= 0.6 is 24.8 Å². The zero-order valence-corrected chi connectivity index (χ0v) is 18.4. The second-order valence-corrected chi connectivity index (χ2v) is 7.97. The van der Waals surface area contributed by atoms with Gasteiger partial charge in [0.2, 0.25) is 0 Å². The first-order valence-electron chi connectivity index (χ1n) is 10.2. The molecular formula is C23H27Cl2N3O2. The minimum Gasteiger partial charge on any atom is -0.463 e. The Bertz CT molecular complexity index is 981. The lowest BCUT2D eigenvalue weighted by atomic mass is 10.0. The number of fused-ring (bicyclic) bond motifs is 1. The number of rotatable bonds is 5. The number of hydrogen-bond donors (Lipinski definition) is 1. The van der Waals surface area contributed by atoms with Crippen molar-refractivity contribution >= 4 is 41.6 Å². The number of aromatic nitrogens is 1.